The standard InChI is InChI=1S/C25H23ClN4O3/c1-16-14-21(17(2)30(16)20-6-4-3-5-7-20)25(32)29-28-23(31)12-13-24-27-15-22(33-24)18-8-10-19(26)11-9-18/h3-11,14-15H,12-13H2,1-2H3,(H,28,31)(H,29,32). The minimum absolute atomic E-state index is 0.115. The third kappa shape index (κ3) is 5.15. The number of benzene rings is 2. The summed E-state index contributed by atoms with van der Waals surface area (Å²) in [4.78, 5) is 29.1. The normalized spacial score (nSPS) is 10.8. The van der Waals surface area contributed by atoms with E-state index >= 15 is 0 Å². The first-order chi connectivity index (χ1) is 15.9. The molecule has 0 saturated heterocycles. The van der Waals surface area contributed by atoms with E-state index in [-0.39, 0.29) is 18.2 Å². The SMILES string of the molecule is Cc1cc(C(=O)NNC(=O)CCc2ncc(-c3ccc(Cl)cc3)o2)c(C)n1-c1ccccc1. The van der Waals surface area contributed by atoms with Gasteiger partial charge in [-0.25, -0.2) is 4.98 Å². The summed E-state index contributed by atoms with van der Waals surface area (Å²) in [6.07, 6.45) is 2.03. The fourth-order valence-electron chi connectivity index (χ4n) is 3.62. The summed E-state index contributed by atoms with van der Waals surface area (Å²) in [5.41, 5.74) is 8.99. The van der Waals surface area contributed by atoms with Gasteiger partial charge in [0.05, 0.1) is 11.8 Å². The maximum absolute atomic E-state index is 12.6. The summed E-state index contributed by atoms with van der Waals surface area (Å²) in [7, 11) is 0. The van der Waals surface area contributed by atoms with Gasteiger partial charge in [0.1, 0.15) is 0 Å². The summed E-state index contributed by atoms with van der Waals surface area (Å²) in [5.74, 6) is 0.322. The molecule has 2 amide bonds. The lowest BCUT2D eigenvalue weighted by molar-refractivity contribution is -0.121. The van der Waals surface area contributed by atoms with Crippen LogP contribution >= 0.6 is 11.6 Å². The van der Waals surface area contributed by atoms with Crippen molar-refractivity contribution in [3.05, 3.63) is 94.7 Å². The molecule has 2 N–H and O–H groups in total. The molecule has 168 valence electrons. The highest BCUT2D eigenvalue weighted by Gasteiger charge is 2.17. The number of nitrogens with zero attached hydrogens (tertiary/aromatic N) is 2. The van der Waals surface area contributed by atoms with Gasteiger partial charge in [0, 0.05) is 40.5 Å². The maximum atomic E-state index is 12.6. The van der Waals surface area contributed by atoms with Crippen molar-refractivity contribution in [3.63, 3.8) is 0 Å². The molecule has 0 aliphatic carbocycles. The molecule has 0 atom stereocenters. The fourth-order valence-corrected chi connectivity index (χ4v) is 3.74. The van der Waals surface area contributed by atoms with E-state index in [1.165, 1.54) is 0 Å². The summed E-state index contributed by atoms with van der Waals surface area (Å²) in [6.45, 7) is 3.81. The molecule has 2 aromatic carbocycles. The number of amides is 2. The van der Waals surface area contributed by atoms with Gasteiger partial charge in [-0.3, -0.25) is 20.4 Å². The largest absolute Gasteiger partial charge is 0.441 e. The quantitative estimate of drug-likeness (QED) is 0.403. The molecule has 0 bridgehead atoms. The van der Waals surface area contributed by atoms with Crippen LogP contribution in [0.3, 0.4) is 0 Å². The Labute approximate surface area is 196 Å². The van der Waals surface area contributed by atoms with Crippen LogP contribution in [0.15, 0.2) is 71.3 Å². The molecular formula is C25H23ClN4O3. The Balaban J connectivity index is 1.32. The molecule has 4 rings (SSSR count). The van der Waals surface area contributed by atoms with Gasteiger partial charge >= 0.3 is 0 Å². The highest BCUT2D eigenvalue weighted by atomic mass is 35.5. The Hall–Kier alpha value is -3.84. The van der Waals surface area contributed by atoms with Crippen LogP contribution in [0.4, 0.5) is 0 Å². The smallest absolute Gasteiger partial charge is 0.271 e. The highest BCUT2D eigenvalue weighted by Crippen LogP contribution is 2.23. The van der Waals surface area contributed by atoms with E-state index in [0.29, 0.717) is 28.7 Å². The van der Waals surface area contributed by atoms with Gasteiger partial charge in [-0.1, -0.05) is 29.8 Å². The van der Waals surface area contributed by atoms with Gasteiger partial charge in [-0.05, 0) is 56.3 Å². The van der Waals surface area contributed by atoms with Gasteiger partial charge in [0.25, 0.3) is 5.91 Å². The van der Waals surface area contributed by atoms with E-state index in [2.05, 4.69) is 15.8 Å². The molecule has 2 aromatic heterocycles. The van der Waals surface area contributed by atoms with E-state index in [9.17, 15) is 9.59 Å². The minimum Gasteiger partial charge on any atom is -0.441 e. The molecule has 2 heterocycles. The van der Waals surface area contributed by atoms with Crippen LogP contribution in [0.5, 0.6) is 0 Å². The van der Waals surface area contributed by atoms with Gasteiger partial charge < -0.3 is 8.98 Å². The average molecular weight is 463 g/mol. The molecule has 7 nitrogen and oxygen atoms in total. The molecule has 8 heteroatoms. The van der Waals surface area contributed by atoms with Crippen molar-refractivity contribution < 1.29 is 14.0 Å². The zero-order valence-corrected chi connectivity index (χ0v) is 19.0. The number of aryl methyl sites for hydroxylation is 2. The Morgan fingerprint density at radius 2 is 1.76 bits per heavy atom. The first-order valence-corrected chi connectivity index (χ1v) is 10.8. The second-order valence-electron chi connectivity index (χ2n) is 7.58. The third-order valence-electron chi connectivity index (χ3n) is 5.25. The summed E-state index contributed by atoms with van der Waals surface area (Å²) in [5, 5.41) is 0.638. The number of carbonyl (C=O) groups is 2. The lowest BCUT2D eigenvalue weighted by Gasteiger charge is -2.10. The average Bonchev–Trinajstić information content (AvgIpc) is 3.41. The van der Waals surface area contributed by atoms with Crippen molar-refractivity contribution in [2.45, 2.75) is 26.7 Å². The number of halogens is 1. The number of hydrogen-bond acceptors (Lipinski definition) is 4. The zero-order chi connectivity index (χ0) is 23.4. The van der Waals surface area contributed by atoms with Gasteiger partial charge in [-0.15, -0.1) is 0 Å². The number of rotatable bonds is 6. The van der Waals surface area contributed by atoms with E-state index in [1.807, 2.05) is 60.9 Å². The number of oxazole rings is 1. The predicted octanol–water partition coefficient (Wildman–Crippen LogP) is 4.80. The molecule has 4 aromatic rings. The molecule has 0 aliphatic rings. The van der Waals surface area contributed by atoms with Crippen LogP contribution in [-0.2, 0) is 11.2 Å². The predicted molar refractivity (Wildman–Crippen MR) is 126 cm³/mol. The monoisotopic (exact) mass is 462 g/mol. The number of nitrogens with one attached hydrogen (secondary N) is 2. The van der Waals surface area contributed by atoms with Crippen molar-refractivity contribution in [1.29, 1.82) is 0 Å². The van der Waals surface area contributed by atoms with Gasteiger partial charge in [-0.2, -0.15) is 0 Å². The van der Waals surface area contributed by atoms with E-state index in [0.717, 1.165) is 22.6 Å². The molecule has 0 aliphatic heterocycles. The van der Waals surface area contributed by atoms with Crippen molar-refractivity contribution in [2.75, 3.05) is 0 Å². The molecule has 0 fully saturated rings. The van der Waals surface area contributed by atoms with Crippen molar-refractivity contribution in [3.8, 4) is 17.0 Å². The molecule has 0 saturated carbocycles. The van der Waals surface area contributed by atoms with E-state index in [1.54, 1.807) is 24.4 Å². The fraction of sp³-hybridized carbons (Fsp3) is 0.160. The Bertz CT molecular complexity index is 1280. The van der Waals surface area contributed by atoms with Gasteiger partial charge in [0.2, 0.25) is 5.91 Å². The molecule has 33 heavy (non-hydrogen) atoms. The zero-order valence-electron chi connectivity index (χ0n) is 18.3. The number of hydrazine groups is 1. The number of para-hydroxylation sites is 1. The van der Waals surface area contributed by atoms with Gasteiger partial charge in [0.15, 0.2) is 11.7 Å². The second kappa shape index (κ2) is 9.75. The Kier molecular flexibility index (Phi) is 6.60. The number of aromatic nitrogens is 2. The second-order valence-corrected chi connectivity index (χ2v) is 8.02. The molecule has 0 radical (unpaired) electrons. The summed E-state index contributed by atoms with van der Waals surface area (Å²) >= 11 is 5.90. The van der Waals surface area contributed by atoms with E-state index < -0.39 is 0 Å². The number of hydrogen-bond donors (Lipinski definition) is 2. The van der Waals surface area contributed by atoms with Crippen LogP contribution in [-0.4, -0.2) is 21.4 Å². The maximum Gasteiger partial charge on any atom is 0.271 e. The van der Waals surface area contributed by atoms with Crippen LogP contribution < -0.4 is 10.9 Å². The Morgan fingerprint density at radius 3 is 2.48 bits per heavy atom. The molecular weight excluding hydrogens is 440 g/mol. The Morgan fingerprint density at radius 1 is 1.03 bits per heavy atom. The van der Waals surface area contributed by atoms with E-state index in [4.69, 9.17) is 16.0 Å². The topological polar surface area (TPSA) is 89.2 Å². The van der Waals surface area contributed by atoms with Crippen molar-refractivity contribution >= 4 is 23.4 Å². The summed E-state index contributed by atoms with van der Waals surface area (Å²) < 4.78 is 7.70. The van der Waals surface area contributed by atoms with Crippen molar-refractivity contribution in [1.82, 2.24) is 20.4 Å². The first kappa shape index (κ1) is 22.4. The summed E-state index contributed by atoms with van der Waals surface area (Å²) in [6, 6.07) is 18.8. The molecule has 0 unspecified atom stereocenters. The lowest BCUT2D eigenvalue weighted by atomic mass is 10.2. The van der Waals surface area contributed by atoms with Crippen LogP contribution in [0.2, 0.25) is 5.02 Å². The highest BCUT2D eigenvalue weighted by molar-refractivity contribution is 6.30. The van der Waals surface area contributed by atoms with Crippen molar-refractivity contribution in [2.24, 2.45) is 0 Å². The third-order valence-corrected chi connectivity index (χ3v) is 5.51. The van der Waals surface area contributed by atoms with Crippen LogP contribution in [0.25, 0.3) is 17.0 Å². The minimum atomic E-state index is -0.375. The van der Waals surface area contributed by atoms with Crippen LogP contribution in [0, 0.1) is 13.8 Å². The molecule has 0 spiro atoms. The lowest BCUT2D eigenvalue weighted by Crippen LogP contribution is -2.41. The first-order valence-electron chi connectivity index (χ1n) is 10.5. The van der Waals surface area contributed by atoms with Crippen LogP contribution in [0.1, 0.15) is 34.1 Å². The number of carbonyl (C=O) groups excluding carboxylic acids is 2.